The van der Waals surface area contributed by atoms with Gasteiger partial charge in [-0.05, 0) is 31.0 Å². The monoisotopic (exact) mass is 363 g/mol. The number of fused-ring (bicyclic) bond motifs is 1. The van der Waals surface area contributed by atoms with Crippen molar-refractivity contribution in [1.29, 1.82) is 0 Å². The maximum Gasteiger partial charge on any atom is 0.232 e. The number of hydrogen-bond donors (Lipinski definition) is 1. The molecule has 26 heavy (non-hydrogen) atoms. The van der Waals surface area contributed by atoms with Gasteiger partial charge in [0.1, 0.15) is 5.69 Å². The van der Waals surface area contributed by atoms with E-state index < -0.39 is 0 Å². The fourth-order valence-corrected chi connectivity index (χ4v) is 3.77. The van der Waals surface area contributed by atoms with Gasteiger partial charge in [-0.3, -0.25) is 4.79 Å². The van der Waals surface area contributed by atoms with Crippen LogP contribution in [0.2, 0.25) is 0 Å². The highest BCUT2D eigenvalue weighted by molar-refractivity contribution is 7.14. The first-order valence-electron chi connectivity index (χ1n) is 8.26. The second-order valence-electron chi connectivity index (χ2n) is 6.21. The summed E-state index contributed by atoms with van der Waals surface area (Å²) in [5, 5.41) is 10.4. The van der Waals surface area contributed by atoms with E-state index in [4.69, 9.17) is 4.52 Å². The molecule has 0 radical (unpaired) electrons. The average Bonchev–Trinajstić information content (AvgIpc) is 3.23. The Morgan fingerprint density at radius 2 is 2.00 bits per heavy atom. The molecular weight excluding hydrogens is 346 g/mol. The van der Waals surface area contributed by atoms with E-state index in [0.717, 1.165) is 27.8 Å². The summed E-state index contributed by atoms with van der Waals surface area (Å²) < 4.78 is 5.38. The van der Waals surface area contributed by atoms with E-state index in [1.165, 1.54) is 11.3 Å². The molecular formula is C20H17N3O2S. The highest BCUT2D eigenvalue weighted by Gasteiger charge is 2.16. The molecule has 0 spiro atoms. The molecule has 130 valence electrons. The summed E-state index contributed by atoms with van der Waals surface area (Å²) in [5.41, 5.74) is 5.41. The van der Waals surface area contributed by atoms with Crippen molar-refractivity contribution < 1.29 is 9.32 Å². The van der Waals surface area contributed by atoms with Crippen LogP contribution in [-0.4, -0.2) is 16.0 Å². The van der Waals surface area contributed by atoms with Crippen molar-refractivity contribution in [1.82, 2.24) is 10.1 Å². The Balaban J connectivity index is 1.51. The van der Waals surface area contributed by atoms with E-state index in [-0.39, 0.29) is 12.3 Å². The molecule has 6 heteroatoms. The third kappa shape index (κ3) is 3.23. The summed E-state index contributed by atoms with van der Waals surface area (Å²) in [7, 11) is 0. The van der Waals surface area contributed by atoms with Crippen molar-refractivity contribution in [2.24, 2.45) is 0 Å². The Morgan fingerprint density at radius 3 is 2.81 bits per heavy atom. The number of hydrogen-bond acceptors (Lipinski definition) is 5. The molecule has 4 aromatic rings. The molecule has 1 N–H and O–H groups in total. The van der Waals surface area contributed by atoms with E-state index in [1.807, 2.05) is 55.6 Å². The molecule has 2 heterocycles. The number of anilines is 1. The number of nitrogens with zero attached hydrogens (tertiary/aromatic N) is 2. The van der Waals surface area contributed by atoms with Crippen LogP contribution in [0.25, 0.3) is 22.2 Å². The zero-order chi connectivity index (χ0) is 18.1. The summed E-state index contributed by atoms with van der Waals surface area (Å²) in [6, 6.07) is 13.9. The van der Waals surface area contributed by atoms with Gasteiger partial charge in [0.05, 0.1) is 12.1 Å². The zero-order valence-corrected chi connectivity index (χ0v) is 15.3. The number of amides is 1. The Labute approximate surface area is 154 Å². The van der Waals surface area contributed by atoms with Crippen LogP contribution in [0.4, 0.5) is 5.13 Å². The number of aromatic nitrogens is 2. The van der Waals surface area contributed by atoms with Crippen LogP contribution >= 0.6 is 11.3 Å². The Hall–Kier alpha value is -2.99. The fourth-order valence-electron chi connectivity index (χ4n) is 3.03. The second kappa shape index (κ2) is 6.72. The lowest BCUT2D eigenvalue weighted by atomic mass is 10.0. The van der Waals surface area contributed by atoms with Crippen LogP contribution in [0.5, 0.6) is 0 Å². The van der Waals surface area contributed by atoms with Crippen molar-refractivity contribution in [2.45, 2.75) is 20.3 Å². The van der Waals surface area contributed by atoms with Gasteiger partial charge in [0, 0.05) is 16.3 Å². The first-order chi connectivity index (χ1) is 12.6. The number of carbonyl (C=O) groups excluding carboxylic acids is 1. The van der Waals surface area contributed by atoms with Crippen LogP contribution < -0.4 is 5.32 Å². The van der Waals surface area contributed by atoms with Gasteiger partial charge in [-0.1, -0.05) is 41.6 Å². The first kappa shape index (κ1) is 16.5. The molecule has 0 aliphatic heterocycles. The van der Waals surface area contributed by atoms with Crippen LogP contribution in [0.15, 0.2) is 52.4 Å². The quantitative estimate of drug-likeness (QED) is 0.568. The summed E-state index contributed by atoms with van der Waals surface area (Å²) in [6.07, 6.45) is 0.150. The van der Waals surface area contributed by atoms with Crippen molar-refractivity contribution in [3.05, 3.63) is 64.7 Å². The summed E-state index contributed by atoms with van der Waals surface area (Å²) in [5.74, 6) is -0.158. The molecule has 0 atom stereocenters. The molecule has 5 nitrogen and oxygen atoms in total. The van der Waals surface area contributed by atoms with Gasteiger partial charge >= 0.3 is 0 Å². The third-order valence-corrected chi connectivity index (χ3v) is 4.89. The summed E-state index contributed by atoms with van der Waals surface area (Å²) >= 11 is 1.41. The van der Waals surface area contributed by atoms with E-state index >= 15 is 0 Å². The minimum Gasteiger partial charge on any atom is -0.356 e. The van der Waals surface area contributed by atoms with E-state index in [0.29, 0.717) is 16.4 Å². The van der Waals surface area contributed by atoms with Gasteiger partial charge in [-0.15, -0.1) is 11.3 Å². The van der Waals surface area contributed by atoms with Gasteiger partial charge in [-0.25, -0.2) is 4.98 Å². The maximum absolute atomic E-state index is 12.4. The number of thiazole rings is 1. The molecule has 2 aromatic heterocycles. The van der Waals surface area contributed by atoms with E-state index in [2.05, 4.69) is 21.5 Å². The molecule has 0 aliphatic rings. The first-order valence-corrected chi connectivity index (χ1v) is 9.14. The van der Waals surface area contributed by atoms with Gasteiger partial charge in [0.15, 0.2) is 10.7 Å². The summed E-state index contributed by atoms with van der Waals surface area (Å²) in [4.78, 5) is 16.9. The molecule has 1 amide bonds. The lowest BCUT2D eigenvalue weighted by Crippen LogP contribution is -2.14. The number of aryl methyl sites for hydroxylation is 2. The number of benzene rings is 2. The second-order valence-corrected chi connectivity index (χ2v) is 7.07. The third-order valence-electron chi connectivity index (χ3n) is 4.13. The zero-order valence-electron chi connectivity index (χ0n) is 14.4. The Morgan fingerprint density at radius 1 is 1.19 bits per heavy atom. The molecule has 0 saturated heterocycles. The highest BCUT2D eigenvalue weighted by Crippen LogP contribution is 2.26. The highest BCUT2D eigenvalue weighted by atomic mass is 32.1. The number of nitrogens with one attached hydrogen (secondary N) is 1. The average molecular weight is 363 g/mol. The van der Waals surface area contributed by atoms with E-state index in [1.54, 1.807) is 0 Å². The van der Waals surface area contributed by atoms with E-state index in [9.17, 15) is 4.79 Å². The lowest BCUT2D eigenvalue weighted by Gasteiger charge is -2.02. The van der Waals surface area contributed by atoms with Crippen LogP contribution in [0, 0.1) is 13.8 Å². The smallest absolute Gasteiger partial charge is 0.232 e. The van der Waals surface area contributed by atoms with Gasteiger partial charge in [-0.2, -0.15) is 0 Å². The molecule has 4 rings (SSSR count). The van der Waals surface area contributed by atoms with Gasteiger partial charge in [0.2, 0.25) is 5.91 Å². The van der Waals surface area contributed by atoms with Crippen LogP contribution in [-0.2, 0) is 11.2 Å². The lowest BCUT2D eigenvalue weighted by molar-refractivity contribution is -0.115. The van der Waals surface area contributed by atoms with Gasteiger partial charge < -0.3 is 9.84 Å². The largest absolute Gasteiger partial charge is 0.356 e. The maximum atomic E-state index is 12.4. The molecule has 0 aliphatic carbocycles. The van der Waals surface area contributed by atoms with Crippen molar-refractivity contribution in [3.8, 4) is 11.3 Å². The molecule has 0 bridgehead atoms. The number of rotatable bonds is 4. The normalized spacial score (nSPS) is 11.0. The minimum absolute atomic E-state index is 0.150. The van der Waals surface area contributed by atoms with Crippen LogP contribution in [0.3, 0.4) is 0 Å². The Kier molecular flexibility index (Phi) is 4.26. The van der Waals surface area contributed by atoms with Crippen molar-refractivity contribution in [3.63, 3.8) is 0 Å². The fraction of sp³-hybridized carbons (Fsp3) is 0.150. The van der Waals surface area contributed by atoms with Crippen molar-refractivity contribution in [2.75, 3.05) is 5.32 Å². The minimum atomic E-state index is -0.158. The van der Waals surface area contributed by atoms with Gasteiger partial charge in [0.25, 0.3) is 0 Å². The topological polar surface area (TPSA) is 68.0 Å². The number of carbonyl (C=O) groups is 1. The Bertz CT molecular complexity index is 1080. The molecule has 0 saturated carbocycles. The summed E-state index contributed by atoms with van der Waals surface area (Å²) in [6.45, 7) is 4.01. The standard InChI is InChI=1S/C20H17N3O2S/c1-12-8-13(2)19-15(23-25-17(19)9-12)10-18(24)22-20-21-16(11-26-20)14-6-4-3-5-7-14/h3-9,11H,10H2,1-2H3,(H,21,22,24). The predicted molar refractivity (Wildman–Crippen MR) is 103 cm³/mol. The molecule has 0 fully saturated rings. The molecule has 2 aromatic carbocycles. The SMILES string of the molecule is Cc1cc(C)c2c(CC(=O)Nc3nc(-c4ccccc4)cs3)noc2c1. The van der Waals surface area contributed by atoms with Crippen LogP contribution in [0.1, 0.15) is 16.8 Å². The van der Waals surface area contributed by atoms with Crippen molar-refractivity contribution >= 4 is 33.3 Å². The molecule has 0 unspecified atom stereocenters. The predicted octanol–water partition coefficient (Wildman–Crippen LogP) is 4.75.